The Morgan fingerprint density at radius 1 is 0.365 bits per heavy atom. The third kappa shape index (κ3) is 6.01. The van der Waals surface area contributed by atoms with Crippen LogP contribution < -0.4 is 4.90 Å². The summed E-state index contributed by atoms with van der Waals surface area (Å²) < 4.78 is 13.9. The first-order valence-corrected chi connectivity index (χ1v) is 26.7. The molecule has 0 aliphatic heterocycles. The minimum absolute atomic E-state index is 0.0163. The molecule has 0 saturated carbocycles. The van der Waals surface area contributed by atoms with Gasteiger partial charge in [-0.05, 0) is 143 Å². The van der Waals surface area contributed by atoms with Gasteiger partial charge in [-0.15, -0.1) is 0 Å². The third-order valence-electron chi connectivity index (χ3n) is 17.7. The molecule has 364 valence electrons. The van der Waals surface area contributed by atoms with E-state index in [4.69, 9.17) is 8.83 Å². The Morgan fingerprint density at radius 3 is 1.43 bits per heavy atom. The molecule has 0 bridgehead atoms. The molecule has 0 amide bonds. The molecule has 0 N–H and O–H groups in total. The molecule has 0 fully saturated rings. The Labute approximate surface area is 435 Å². The second-order valence-corrected chi connectivity index (χ2v) is 25.3. The summed E-state index contributed by atoms with van der Waals surface area (Å²) in [5.41, 5.74) is 27.1. The summed E-state index contributed by atoms with van der Waals surface area (Å²) in [6, 6.07) is 61.6. The van der Waals surface area contributed by atoms with Gasteiger partial charge in [-0.1, -0.05) is 192 Å². The molecule has 0 unspecified atom stereocenters. The van der Waals surface area contributed by atoms with E-state index < -0.39 is 0 Å². The lowest BCUT2D eigenvalue weighted by atomic mass is 9.72. The first-order valence-electron chi connectivity index (χ1n) is 26.7. The topological polar surface area (TPSA) is 29.5 Å². The van der Waals surface area contributed by atoms with E-state index in [1.54, 1.807) is 0 Å². The molecule has 0 saturated heterocycles. The fourth-order valence-corrected chi connectivity index (χ4v) is 13.8. The average Bonchev–Trinajstić information content (AvgIpc) is 4.14. The van der Waals surface area contributed by atoms with E-state index in [0.717, 1.165) is 50.3 Å². The normalized spacial score (nSPS) is 15.6. The highest BCUT2D eigenvalue weighted by Gasteiger charge is 2.49. The standard InChI is InChI=1S/C71H63NO2/c1-67(2,3)41-27-25-40(26-28-41)51-39-55-58(60-49-20-14-17-23-56(49)73-65(51)60)47-35-33-44(37-53(47)69(55,7)8)72(43-31-29-42(30-32-43)68(4,5)6)45-34-36-48-54(38-45)71(11,12)63-59(48)61-50-21-15-18-24-57(50)74-66(61)62-46-19-13-16-22-52(46)70(9,10)64(62)63/h13-39H,1-12H3. The number of furan rings is 2. The molecular formula is C71H63NO2. The van der Waals surface area contributed by atoms with Gasteiger partial charge in [0.2, 0.25) is 0 Å². The molecular weight excluding hydrogens is 899 g/mol. The summed E-state index contributed by atoms with van der Waals surface area (Å²) in [6.07, 6.45) is 0. The lowest BCUT2D eigenvalue weighted by Crippen LogP contribution is -2.24. The molecule has 0 radical (unpaired) electrons. The molecule has 11 aromatic rings. The van der Waals surface area contributed by atoms with E-state index in [9.17, 15) is 0 Å². The Bertz CT molecular complexity index is 4210. The number of hydrogen-bond acceptors (Lipinski definition) is 3. The van der Waals surface area contributed by atoms with Gasteiger partial charge in [-0.2, -0.15) is 0 Å². The number of anilines is 3. The van der Waals surface area contributed by atoms with Crippen molar-refractivity contribution in [1.29, 1.82) is 0 Å². The van der Waals surface area contributed by atoms with Gasteiger partial charge >= 0.3 is 0 Å². The van der Waals surface area contributed by atoms with Crippen molar-refractivity contribution >= 4 is 60.9 Å². The van der Waals surface area contributed by atoms with Crippen LogP contribution in [0.2, 0.25) is 0 Å². The number of rotatable bonds is 4. The van der Waals surface area contributed by atoms with Crippen LogP contribution in [-0.4, -0.2) is 0 Å². The molecule has 3 heteroatoms. The van der Waals surface area contributed by atoms with Crippen LogP contribution in [0.4, 0.5) is 17.1 Å². The van der Waals surface area contributed by atoms with Gasteiger partial charge in [-0.3, -0.25) is 0 Å². The maximum Gasteiger partial charge on any atom is 0.144 e. The van der Waals surface area contributed by atoms with Crippen LogP contribution in [-0.2, 0) is 27.1 Å². The molecule has 3 nitrogen and oxygen atoms in total. The van der Waals surface area contributed by atoms with Crippen molar-refractivity contribution in [3.05, 3.63) is 208 Å². The van der Waals surface area contributed by atoms with Gasteiger partial charge in [0.15, 0.2) is 0 Å². The van der Waals surface area contributed by atoms with Crippen LogP contribution in [0, 0.1) is 0 Å². The fraction of sp³-hybridized carbons (Fsp3) is 0.239. The molecule has 14 rings (SSSR count). The zero-order chi connectivity index (χ0) is 51.2. The molecule has 74 heavy (non-hydrogen) atoms. The van der Waals surface area contributed by atoms with E-state index in [1.807, 2.05) is 0 Å². The second-order valence-electron chi connectivity index (χ2n) is 25.3. The molecule has 9 aromatic carbocycles. The van der Waals surface area contributed by atoms with Gasteiger partial charge < -0.3 is 13.7 Å². The highest BCUT2D eigenvalue weighted by Crippen LogP contribution is 2.64. The van der Waals surface area contributed by atoms with Gasteiger partial charge in [-0.25, -0.2) is 0 Å². The Balaban J connectivity index is 0.977. The molecule has 0 spiro atoms. The SMILES string of the molecule is CC(C)(C)c1ccc(-c2cc3c(c4c2oc2ccccc24)-c2ccc(N(c4ccc(C(C)(C)C)cc4)c4ccc5c(c4)C(C)(C)c4c6c(c7oc8ccccc8c7c4-5)-c4ccccc4C6(C)C)cc2C3(C)C)cc1. The highest BCUT2D eigenvalue weighted by molar-refractivity contribution is 6.21. The van der Waals surface area contributed by atoms with Gasteiger partial charge in [0.25, 0.3) is 0 Å². The van der Waals surface area contributed by atoms with Crippen molar-refractivity contribution in [2.75, 3.05) is 4.90 Å². The summed E-state index contributed by atoms with van der Waals surface area (Å²) >= 11 is 0. The van der Waals surface area contributed by atoms with Crippen LogP contribution in [0.15, 0.2) is 173 Å². The van der Waals surface area contributed by atoms with Crippen molar-refractivity contribution in [2.24, 2.45) is 0 Å². The quantitative estimate of drug-likeness (QED) is 0.176. The van der Waals surface area contributed by atoms with Gasteiger partial charge in [0, 0.05) is 66.0 Å². The smallest absolute Gasteiger partial charge is 0.144 e. The zero-order valence-corrected chi connectivity index (χ0v) is 44.9. The number of hydrogen-bond donors (Lipinski definition) is 0. The second kappa shape index (κ2) is 14.8. The third-order valence-corrected chi connectivity index (χ3v) is 17.7. The van der Waals surface area contributed by atoms with Crippen LogP contribution in [0.25, 0.3) is 88.4 Å². The predicted molar refractivity (Wildman–Crippen MR) is 311 cm³/mol. The molecule has 2 aromatic heterocycles. The fourth-order valence-electron chi connectivity index (χ4n) is 13.8. The summed E-state index contributed by atoms with van der Waals surface area (Å²) in [6.45, 7) is 28.3. The van der Waals surface area contributed by atoms with Crippen molar-refractivity contribution in [3.8, 4) is 44.5 Å². The van der Waals surface area contributed by atoms with Crippen molar-refractivity contribution in [1.82, 2.24) is 0 Å². The van der Waals surface area contributed by atoms with Crippen LogP contribution in [0.1, 0.15) is 128 Å². The Kier molecular flexibility index (Phi) is 9.00. The van der Waals surface area contributed by atoms with E-state index in [0.29, 0.717) is 0 Å². The number of fused-ring (bicyclic) bond motifs is 19. The summed E-state index contributed by atoms with van der Waals surface area (Å²) in [5.74, 6) is 0. The largest absolute Gasteiger partial charge is 0.455 e. The van der Waals surface area contributed by atoms with E-state index in [2.05, 4.69) is 252 Å². The maximum atomic E-state index is 7.01. The lowest BCUT2D eigenvalue weighted by Gasteiger charge is -2.32. The van der Waals surface area contributed by atoms with E-state index >= 15 is 0 Å². The summed E-state index contributed by atoms with van der Waals surface area (Å²) in [7, 11) is 0. The van der Waals surface area contributed by atoms with Gasteiger partial charge in [0.05, 0.1) is 0 Å². The van der Waals surface area contributed by atoms with Crippen LogP contribution in [0.5, 0.6) is 0 Å². The van der Waals surface area contributed by atoms with Gasteiger partial charge in [0.1, 0.15) is 22.3 Å². The zero-order valence-electron chi connectivity index (χ0n) is 44.9. The van der Waals surface area contributed by atoms with E-state index in [-0.39, 0.29) is 27.1 Å². The summed E-state index contributed by atoms with van der Waals surface area (Å²) in [5, 5.41) is 4.74. The molecule has 0 atom stereocenters. The lowest BCUT2D eigenvalue weighted by molar-refractivity contribution is 0.590. The van der Waals surface area contributed by atoms with Crippen LogP contribution >= 0.6 is 0 Å². The number of para-hydroxylation sites is 2. The first-order chi connectivity index (χ1) is 35.2. The monoisotopic (exact) mass is 961 g/mol. The first kappa shape index (κ1) is 45.0. The van der Waals surface area contributed by atoms with Crippen LogP contribution in [0.3, 0.4) is 0 Å². The van der Waals surface area contributed by atoms with E-state index in [1.165, 1.54) is 99.6 Å². The summed E-state index contributed by atoms with van der Waals surface area (Å²) in [4.78, 5) is 2.50. The minimum Gasteiger partial charge on any atom is -0.455 e. The minimum atomic E-state index is -0.330. The van der Waals surface area contributed by atoms with Crippen molar-refractivity contribution < 1.29 is 8.83 Å². The molecule has 2 heterocycles. The average molecular weight is 962 g/mol. The predicted octanol–water partition coefficient (Wildman–Crippen LogP) is 20.1. The Morgan fingerprint density at radius 2 is 0.824 bits per heavy atom. The van der Waals surface area contributed by atoms with Crippen molar-refractivity contribution in [3.63, 3.8) is 0 Å². The molecule has 3 aliphatic carbocycles. The number of benzene rings is 9. The highest BCUT2D eigenvalue weighted by atomic mass is 16.3. The maximum absolute atomic E-state index is 7.01. The number of nitrogens with zero attached hydrogens (tertiary/aromatic N) is 1. The Hall–Kier alpha value is -7.62. The van der Waals surface area contributed by atoms with Crippen molar-refractivity contribution in [2.45, 2.75) is 110 Å². The molecule has 3 aliphatic rings.